The van der Waals surface area contributed by atoms with Crippen molar-refractivity contribution in [3.8, 4) is 5.69 Å². The van der Waals surface area contributed by atoms with Crippen molar-refractivity contribution in [2.24, 2.45) is 0 Å². The van der Waals surface area contributed by atoms with Crippen LogP contribution in [-0.4, -0.2) is 30.5 Å². The van der Waals surface area contributed by atoms with Crippen LogP contribution in [0.4, 0.5) is 13.2 Å². The van der Waals surface area contributed by atoms with E-state index in [1.165, 1.54) is 30.5 Å². The highest BCUT2D eigenvalue weighted by atomic mass is 32.1. The summed E-state index contributed by atoms with van der Waals surface area (Å²) in [5.74, 6) is 0.341. The van der Waals surface area contributed by atoms with E-state index in [1.54, 1.807) is 0 Å². The van der Waals surface area contributed by atoms with Gasteiger partial charge in [0.05, 0.1) is 12.2 Å². The Labute approximate surface area is 162 Å². The molecule has 11 heteroatoms. The van der Waals surface area contributed by atoms with Crippen molar-refractivity contribution in [3.63, 3.8) is 0 Å². The maximum absolute atomic E-state index is 12.7. The molecule has 7 nitrogen and oxygen atoms in total. The molecule has 0 aliphatic heterocycles. The maximum atomic E-state index is 12.7. The van der Waals surface area contributed by atoms with Crippen LogP contribution in [0.2, 0.25) is 0 Å². The molecule has 2 N–H and O–H groups in total. The van der Waals surface area contributed by atoms with Gasteiger partial charge in [-0.3, -0.25) is 14.5 Å². The van der Waals surface area contributed by atoms with E-state index < -0.39 is 11.9 Å². The van der Waals surface area contributed by atoms with Gasteiger partial charge in [-0.2, -0.15) is 23.4 Å². The molecule has 146 valence electrons. The fourth-order valence-corrected chi connectivity index (χ4v) is 3.12. The van der Waals surface area contributed by atoms with Crippen LogP contribution in [0.1, 0.15) is 40.8 Å². The third-order valence-electron chi connectivity index (χ3n) is 4.37. The average Bonchev–Trinajstić information content (AvgIpc) is 3.23. The van der Waals surface area contributed by atoms with Crippen molar-refractivity contribution >= 4 is 18.1 Å². The van der Waals surface area contributed by atoms with Crippen molar-refractivity contribution < 1.29 is 18.0 Å². The molecule has 1 aliphatic rings. The zero-order valence-corrected chi connectivity index (χ0v) is 15.2. The van der Waals surface area contributed by atoms with Crippen molar-refractivity contribution in [2.45, 2.75) is 31.6 Å². The minimum atomic E-state index is -4.50. The topological polar surface area (TPSA) is 80.5 Å². The van der Waals surface area contributed by atoms with Gasteiger partial charge in [0.25, 0.3) is 5.91 Å². The third kappa shape index (κ3) is 3.70. The highest BCUT2D eigenvalue weighted by Crippen LogP contribution is 2.35. The Balaban J connectivity index is 1.43. The van der Waals surface area contributed by atoms with Crippen LogP contribution in [0, 0.1) is 4.77 Å². The van der Waals surface area contributed by atoms with Crippen LogP contribution in [0.25, 0.3) is 5.69 Å². The van der Waals surface area contributed by atoms with Crippen LogP contribution >= 0.6 is 12.2 Å². The van der Waals surface area contributed by atoms with Gasteiger partial charge < -0.3 is 5.32 Å². The summed E-state index contributed by atoms with van der Waals surface area (Å²) in [7, 11) is 0. The molecule has 1 saturated carbocycles. The first-order valence-electron chi connectivity index (χ1n) is 8.50. The number of H-pyrrole nitrogens is 1. The van der Waals surface area contributed by atoms with E-state index in [2.05, 4.69) is 20.6 Å². The van der Waals surface area contributed by atoms with Gasteiger partial charge in [0, 0.05) is 17.8 Å². The van der Waals surface area contributed by atoms with Gasteiger partial charge in [-0.05, 0) is 55.4 Å². The van der Waals surface area contributed by atoms with Crippen LogP contribution in [0.3, 0.4) is 0 Å². The quantitative estimate of drug-likeness (QED) is 0.634. The molecule has 0 unspecified atom stereocenters. The predicted octanol–water partition coefficient (Wildman–Crippen LogP) is 3.41. The molecule has 0 radical (unpaired) electrons. The minimum absolute atomic E-state index is 0.221. The van der Waals surface area contributed by atoms with Crippen LogP contribution in [0.15, 0.2) is 36.5 Å². The van der Waals surface area contributed by atoms with E-state index >= 15 is 0 Å². The van der Waals surface area contributed by atoms with Crippen molar-refractivity contribution in [3.05, 3.63) is 58.4 Å². The summed E-state index contributed by atoms with van der Waals surface area (Å²) >= 11 is 5.20. The second-order valence-electron chi connectivity index (χ2n) is 6.42. The largest absolute Gasteiger partial charge is 0.435 e. The fraction of sp³-hybridized carbons (Fsp3) is 0.294. The predicted molar refractivity (Wildman–Crippen MR) is 95.4 cm³/mol. The summed E-state index contributed by atoms with van der Waals surface area (Å²) < 4.78 is 41.5. The Morgan fingerprint density at radius 2 is 1.96 bits per heavy atom. The highest BCUT2D eigenvalue weighted by Gasteiger charge is 2.33. The van der Waals surface area contributed by atoms with Gasteiger partial charge in [0.15, 0.2) is 16.3 Å². The molecule has 1 amide bonds. The van der Waals surface area contributed by atoms with Crippen molar-refractivity contribution in [2.75, 3.05) is 0 Å². The fourth-order valence-electron chi connectivity index (χ4n) is 2.82. The number of aromatic amines is 1. The first-order chi connectivity index (χ1) is 13.3. The van der Waals surface area contributed by atoms with E-state index in [4.69, 9.17) is 12.2 Å². The molecule has 0 bridgehead atoms. The molecular formula is C17H15F3N6OS. The second-order valence-corrected chi connectivity index (χ2v) is 6.81. The number of carbonyl (C=O) groups excluding carboxylic acids is 1. The number of nitrogens with one attached hydrogen (secondary N) is 2. The number of carbonyl (C=O) groups is 1. The van der Waals surface area contributed by atoms with Crippen LogP contribution < -0.4 is 5.32 Å². The first-order valence-corrected chi connectivity index (χ1v) is 8.91. The molecule has 0 spiro atoms. The molecule has 4 rings (SSSR count). The Bertz CT molecular complexity index is 1060. The van der Waals surface area contributed by atoms with Gasteiger partial charge >= 0.3 is 6.18 Å². The zero-order valence-electron chi connectivity index (χ0n) is 14.4. The van der Waals surface area contributed by atoms with E-state index in [1.807, 2.05) is 4.57 Å². The number of halogens is 3. The summed E-state index contributed by atoms with van der Waals surface area (Å²) in [5, 5.41) is 13.2. The van der Waals surface area contributed by atoms with Crippen molar-refractivity contribution in [1.82, 2.24) is 29.9 Å². The van der Waals surface area contributed by atoms with Gasteiger partial charge in [-0.25, -0.2) is 4.68 Å². The average molecular weight is 408 g/mol. The standard InChI is InChI=1S/C17H15F3N6OS/c18-17(19,20)13-7-8-25(24-13)11-3-1-10(2-4-11)15(27)21-9-14-22-23-16(28)26(14)12-5-6-12/h1-4,7-8,12H,5-6,9H2,(H,21,27)(H,23,28). The van der Waals surface area contributed by atoms with Crippen LogP contribution in [0.5, 0.6) is 0 Å². The monoisotopic (exact) mass is 408 g/mol. The number of alkyl halides is 3. The number of hydrogen-bond donors (Lipinski definition) is 2. The lowest BCUT2D eigenvalue weighted by atomic mass is 10.2. The minimum Gasteiger partial charge on any atom is -0.345 e. The number of aromatic nitrogens is 5. The summed E-state index contributed by atoms with van der Waals surface area (Å²) in [6, 6.07) is 7.35. The Hall–Kier alpha value is -2.95. The molecule has 1 fully saturated rings. The normalized spacial score (nSPS) is 14.2. The lowest BCUT2D eigenvalue weighted by molar-refractivity contribution is -0.141. The molecule has 28 heavy (non-hydrogen) atoms. The third-order valence-corrected chi connectivity index (χ3v) is 4.66. The lowest BCUT2D eigenvalue weighted by Gasteiger charge is -2.08. The molecule has 2 heterocycles. The van der Waals surface area contributed by atoms with E-state index in [-0.39, 0.29) is 12.5 Å². The Kier molecular flexibility index (Phi) is 4.53. The number of rotatable bonds is 5. The van der Waals surface area contributed by atoms with Crippen LogP contribution in [-0.2, 0) is 12.7 Å². The van der Waals surface area contributed by atoms with E-state index in [0.717, 1.165) is 23.6 Å². The number of benzene rings is 1. The smallest absolute Gasteiger partial charge is 0.345 e. The molecule has 3 aromatic rings. The SMILES string of the molecule is O=C(NCc1n[nH]c(=S)n1C1CC1)c1ccc(-n2ccc(C(F)(F)F)n2)cc1. The van der Waals surface area contributed by atoms with E-state index in [0.29, 0.717) is 27.9 Å². The first kappa shape index (κ1) is 18.4. The molecule has 2 aromatic heterocycles. The number of hydrogen-bond acceptors (Lipinski definition) is 4. The highest BCUT2D eigenvalue weighted by molar-refractivity contribution is 7.71. The molecule has 1 aromatic carbocycles. The maximum Gasteiger partial charge on any atom is 0.435 e. The Morgan fingerprint density at radius 1 is 1.25 bits per heavy atom. The summed E-state index contributed by atoms with van der Waals surface area (Å²) in [5.41, 5.74) is -0.181. The molecular weight excluding hydrogens is 393 g/mol. The van der Waals surface area contributed by atoms with Gasteiger partial charge in [-0.1, -0.05) is 0 Å². The van der Waals surface area contributed by atoms with Gasteiger partial charge in [0.2, 0.25) is 0 Å². The van der Waals surface area contributed by atoms with Gasteiger partial charge in [0.1, 0.15) is 0 Å². The molecule has 0 saturated heterocycles. The number of amides is 1. The zero-order chi connectivity index (χ0) is 19.9. The van der Waals surface area contributed by atoms with Crippen molar-refractivity contribution in [1.29, 1.82) is 0 Å². The molecule has 1 aliphatic carbocycles. The second kappa shape index (κ2) is 6.89. The lowest BCUT2D eigenvalue weighted by Crippen LogP contribution is -2.24. The summed E-state index contributed by atoms with van der Waals surface area (Å²) in [6.07, 6.45) is -1.20. The summed E-state index contributed by atoms with van der Waals surface area (Å²) in [4.78, 5) is 12.3. The summed E-state index contributed by atoms with van der Waals surface area (Å²) in [6.45, 7) is 0.221. The Morgan fingerprint density at radius 3 is 2.57 bits per heavy atom. The number of nitrogens with zero attached hydrogens (tertiary/aromatic N) is 4. The van der Waals surface area contributed by atoms with E-state index in [9.17, 15) is 18.0 Å². The molecule has 0 atom stereocenters. The van der Waals surface area contributed by atoms with Gasteiger partial charge in [-0.15, -0.1) is 0 Å².